The summed E-state index contributed by atoms with van der Waals surface area (Å²) in [6.07, 6.45) is 7.54. The summed E-state index contributed by atoms with van der Waals surface area (Å²) in [7, 11) is 0. The van der Waals surface area contributed by atoms with E-state index in [-0.39, 0.29) is 0 Å². The van der Waals surface area contributed by atoms with Gasteiger partial charge in [0.2, 0.25) is 0 Å². The van der Waals surface area contributed by atoms with Crippen molar-refractivity contribution in [3.8, 4) is 0 Å². The smallest absolute Gasteiger partial charge is 0.109 e. The highest BCUT2D eigenvalue weighted by atomic mass is 15.0. The lowest BCUT2D eigenvalue weighted by Gasteiger charge is -1.92. The van der Waals surface area contributed by atoms with Gasteiger partial charge in [0.1, 0.15) is 5.82 Å². The fourth-order valence-corrected chi connectivity index (χ4v) is 0.941. The van der Waals surface area contributed by atoms with Gasteiger partial charge < -0.3 is 4.57 Å². The Bertz CT molecular complexity index is 282. The lowest BCUT2D eigenvalue weighted by atomic mass is 10.5. The van der Waals surface area contributed by atoms with Crippen LogP contribution in [0.5, 0.6) is 0 Å². The predicted molar refractivity (Wildman–Crippen MR) is 47.2 cm³/mol. The minimum Gasteiger partial charge on any atom is -0.311 e. The van der Waals surface area contributed by atoms with Crippen LogP contribution in [0.4, 0.5) is 0 Å². The Hall–Kier alpha value is -1.31. The molecule has 1 heterocycles. The molecule has 0 N–H and O–H groups in total. The Morgan fingerprint density at radius 1 is 1.55 bits per heavy atom. The third-order valence-electron chi connectivity index (χ3n) is 1.42. The van der Waals surface area contributed by atoms with Gasteiger partial charge in [0, 0.05) is 12.4 Å². The summed E-state index contributed by atoms with van der Waals surface area (Å²) in [5.41, 5.74) is 1.04. The Balaban J connectivity index is 2.93. The second-order valence-corrected chi connectivity index (χ2v) is 2.41. The molecule has 0 radical (unpaired) electrons. The Morgan fingerprint density at radius 2 is 2.27 bits per heavy atom. The minimum atomic E-state index is 1.00. The second-order valence-electron chi connectivity index (χ2n) is 2.41. The van der Waals surface area contributed by atoms with Crippen LogP contribution in [0.25, 0.3) is 6.20 Å². The highest BCUT2D eigenvalue weighted by Gasteiger charge is 1.94. The van der Waals surface area contributed by atoms with Crippen molar-refractivity contribution in [3.63, 3.8) is 0 Å². The van der Waals surface area contributed by atoms with Crippen LogP contribution < -0.4 is 0 Å². The highest BCUT2D eigenvalue weighted by molar-refractivity contribution is 5.29. The van der Waals surface area contributed by atoms with Gasteiger partial charge in [0.25, 0.3) is 0 Å². The zero-order valence-corrected chi connectivity index (χ0v) is 6.91. The molecule has 0 aliphatic carbocycles. The van der Waals surface area contributed by atoms with E-state index >= 15 is 0 Å². The average Bonchev–Trinajstić information content (AvgIpc) is 2.26. The summed E-state index contributed by atoms with van der Waals surface area (Å²) in [5, 5.41) is 0. The van der Waals surface area contributed by atoms with Crippen molar-refractivity contribution in [2.75, 3.05) is 0 Å². The predicted octanol–water partition coefficient (Wildman–Crippen LogP) is 2.16. The Kier molecular flexibility index (Phi) is 2.26. The number of allylic oxidation sites excluding steroid dienone is 2. The molecule has 0 bridgehead atoms. The molecule has 0 amide bonds. The molecule has 2 heteroatoms. The molecule has 1 rings (SSSR count). The van der Waals surface area contributed by atoms with Gasteiger partial charge in [-0.1, -0.05) is 12.7 Å². The molecule has 0 aromatic carbocycles. The molecule has 11 heavy (non-hydrogen) atoms. The van der Waals surface area contributed by atoms with Crippen LogP contribution in [0.1, 0.15) is 11.5 Å². The van der Waals surface area contributed by atoms with Crippen LogP contribution in [0.15, 0.2) is 24.9 Å². The fraction of sp³-hybridized carbons (Fsp3) is 0.222. The third-order valence-corrected chi connectivity index (χ3v) is 1.42. The van der Waals surface area contributed by atoms with Crippen LogP contribution >= 0.6 is 0 Å². The number of nitrogens with zero attached hydrogens (tertiary/aromatic N) is 2. The molecule has 0 aliphatic heterocycles. The van der Waals surface area contributed by atoms with Crippen LogP contribution in [0.3, 0.4) is 0 Å². The number of hydrogen-bond acceptors (Lipinski definition) is 1. The van der Waals surface area contributed by atoms with Gasteiger partial charge >= 0.3 is 0 Å². The van der Waals surface area contributed by atoms with E-state index in [4.69, 9.17) is 0 Å². The standard InChI is InChI=1S/C9H12N2/c1-4-5-6-11-7-8(2)10-9(11)3/h4-7H,1H2,2-3H3. The number of aryl methyl sites for hydroxylation is 2. The first-order valence-electron chi connectivity index (χ1n) is 3.55. The maximum atomic E-state index is 4.24. The largest absolute Gasteiger partial charge is 0.311 e. The molecular weight excluding hydrogens is 136 g/mol. The van der Waals surface area contributed by atoms with Crippen LogP contribution in [0.2, 0.25) is 0 Å². The minimum absolute atomic E-state index is 1.00. The first-order chi connectivity index (χ1) is 5.24. The number of hydrogen-bond donors (Lipinski definition) is 0. The molecule has 0 aliphatic rings. The SMILES string of the molecule is C=CC=Cn1cc(C)nc1C. The summed E-state index contributed by atoms with van der Waals surface area (Å²) < 4.78 is 1.97. The van der Waals surface area contributed by atoms with Crippen molar-refractivity contribution in [1.82, 2.24) is 9.55 Å². The molecule has 1 aromatic heterocycles. The molecule has 0 fully saturated rings. The summed E-state index contributed by atoms with van der Waals surface area (Å²) in [5.74, 6) is 1.00. The van der Waals surface area contributed by atoms with Gasteiger partial charge in [0.15, 0.2) is 0 Å². The van der Waals surface area contributed by atoms with Gasteiger partial charge in [-0.25, -0.2) is 4.98 Å². The van der Waals surface area contributed by atoms with Gasteiger partial charge in [-0.3, -0.25) is 0 Å². The van der Waals surface area contributed by atoms with Gasteiger partial charge in [-0.05, 0) is 19.9 Å². The van der Waals surface area contributed by atoms with E-state index in [1.165, 1.54) is 0 Å². The average molecular weight is 148 g/mol. The summed E-state index contributed by atoms with van der Waals surface area (Å²) >= 11 is 0. The third kappa shape index (κ3) is 1.80. The normalized spacial score (nSPS) is 10.7. The molecule has 1 aromatic rings. The molecule has 0 atom stereocenters. The van der Waals surface area contributed by atoms with E-state index in [0.29, 0.717) is 0 Å². The monoisotopic (exact) mass is 148 g/mol. The topological polar surface area (TPSA) is 17.8 Å². The molecule has 0 spiro atoms. The lowest BCUT2D eigenvalue weighted by Crippen LogP contribution is -1.86. The quantitative estimate of drug-likeness (QED) is 0.587. The molecule has 0 saturated heterocycles. The molecule has 58 valence electrons. The van der Waals surface area contributed by atoms with E-state index in [1.807, 2.05) is 36.9 Å². The van der Waals surface area contributed by atoms with Crippen molar-refractivity contribution in [2.24, 2.45) is 0 Å². The Morgan fingerprint density at radius 3 is 2.73 bits per heavy atom. The first-order valence-corrected chi connectivity index (χ1v) is 3.55. The molecule has 0 unspecified atom stereocenters. The zero-order chi connectivity index (χ0) is 8.27. The zero-order valence-electron chi connectivity index (χ0n) is 6.91. The molecular formula is C9H12N2. The van der Waals surface area contributed by atoms with E-state index in [1.54, 1.807) is 6.08 Å². The van der Waals surface area contributed by atoms with Crippen molar-refractivity contribution < 1.29 is 0 Å². The van der Waals surface area contributed by atoms with Crippen LogP contribution in [-0.2, 0) is 0 Å². The van der Waals surface area contributed by atoms with Crippen molar-refractivity contribution in [2.45, 2.75) is 13.8 Å². The lowest BCUT2D eigenvalue weighted by molar-refractivity contribution is 1.03. The second kappa shape index (κ2) is 3.19. The first kappa shape index (κ1) is 7.79. The highest BCUT2D eigenvalue weighted by Crippen LogP contribution is 2.00. The molecule has 0 saturated carbocycles. The number of imidazole rings is 1. The Labute approximate surface area is 66.9 Å². The summed E-state index contributed by atoms with van der Waals surface area (Å²) in [6.45, 7) is 7.54. The van der Waals surface area contributed by atoms with Crippen molar-refractivity contribution >= 4 is 6.20 Å². The van der Waals surface area contributed by atoms with Crippen LogP contribution in [-0.4, -0.2) is 9.55 Å². The van der Waals surface area contributed by atoms with Gasteiger partial charge in [-0.15, -0.1) is 0 Å². The van der Waals surface area contributed by atoms with E-state index in [2.05, 4.69) is 11.6 Å². The van der Waals surface area contributed by atoms with E-state index in [0.717, 1.165) is 11.5 Å². The fourth-order valence-electron chi connectivity index (χ4n) is 0.941. The van der Waals surface area contributed by atoms with Gasteiger partial charge in [0.05, 0.1) is 5.69 Å². The number of aromatic nitrogens is 2. The number of rotatable bonds is 2. The maximum absolute atomic E-state index is 4.24. The van der Waals surface area contributed by atoms with E-state index < -0.39 is 0 Å². The van der Waals surface area contributed by atoms with Crippen LogP contribution in [0, 0.1) is 13.8 Å². The summed E-state index contributed by atoms with van der Waals surface area (Å²) in [4.78, 5) is 4.24. The van der Waals surface area contributed by atoms with E-state index in [9.17, 15) is 0 Å². The van der Waals surface area contributed by atoms with Crippen molar-refractivity contribution in [3.05, 3.63) is 36.4 Å². The molecule has 2 nitrogen and oxygen atoms in total. The maximum Gasteiger partial charge on any atom is 0.109 e. The summed E-state index contributed by atoms with van der Waals surface area (Å²) in [6, 6.07) is 0. The van der Waals surface area contributed by atoms with Crippen molar-refractivity contribution in [1.29, 1.82) is 0 Å². The van der Waals surface area contributed by atoms with Gasteiger partial charge in [-0.2, -0.15) is 0 Å².